The van der Waals surface area contributed by atoms with E-state index in [-0.39, 0.29) is 13.2 Å². The Morgan fingerprint density at radius 2 is 1.57 bits per heavy atom. The predicted molar refractivity (Wildman–Crippen MR) is 132 cm³/mol. The number of amides is 2. The number of anilines is 1. The van der Waals surface area contributed by atoms with Crippen molar-refractivity contribution in [3.63, 3.8) is 0 Å². The van der Waals surface area contributed by atoms with Crippen molar-refractivity contribution in [3.8, 4) is 5.75 Å². The van der Waals surface area contributed by atoms with E-state index in [1.165, 1.54) is 11.0 Å². The maximum absolute atomic E-state index is 14.1. The van der Waals surface area contributed by atoms with Crippen molar-refractivity contribution in [2.24, 2.45) is 0 Å². The molecule has 0 saturated carbocycles. The Kier molecular flexibility index (Phi) is 11.0. The number of nitrogens with one attached hydrogen (secondary N) is 1. The molecule has 0 atom stereocenters. The average Bonchev–Trinajstić information content (AvgIpc) is 2.81. The summed E-state index contributed by atoms with van der Waals surface area (Å²) in [5, 5.41) is 2.38. The van der Waals surface area contributed by atoms with E-state index in [0.29, 0.717) is 12.3 Å². The van der Waals surface area contributed by atoms with E-state index in [4.69, 9.17) is 9.47 Å². The van der Waals surface area contributed by atoms with Gasteiger partial charge in [0.2, 0.25) is 0 Å². The molecule has 0 aromatic heterocycles. The van der Waals surface area contributed by atoms with Gasteiger partial charge in [0, 0.05) is 13.1 Å². The quantitative estimate of drug-likeness (QED) is 0.251. The summed E-state index contributed by atoms with van der Waals surface area (Å²) in [5.41, 5.74) is -0.798. The highest BCUT2D eigenvalue weighted by Gasteiger charge is 2.31. The first-order valence-electron chi connectivity index (χ1n) is 12.1. The number of nitrogens with zero attached hydrogens (tertiary/aromatic N) is 1. The molecule has 8 heteroatoms. The largest absolute Gasteiger partial charge is 0.476 e. The van der Waals surface area contributed by atoms with E-state index < -0.39 is 34.9 Å². The molecule has 0 unspecified atom stereocenters. The molecule has 0 saturated heterocycles. The van der Waals surface area contributed by atoms with Crippen LogP contribution in [-0.2, 0) is 16.1 Å². The molecule has 0 bridgehead atoms. The molecular formula is C27H36F2N2O4. The van der Waals surface area contributed by atoms with Gasteiger partial charge in [0.05, 0.1) is 6.61 Å². The Morgan fingerprint density at radius 1 is 0.943 bits per heavy atom. The number of urea groups is 1. The van der Waals surface area contributed by atoms with Gasteiger partial charge in [-0.3, -0.25) is 0 Å². The predicted octanol–water partition coefficient (Wildman–Crippen LogP) is 6.69. The second kappa shape index (κ2) is 13.7. The van der Waals surface area contributed by atoms with E-state index in [0.717, 1.165) is 49.8 Å². The normalized spacial score (nSPS) is 11.1. The van der Waals surface area contributed by atoms with Crippen LogP contribution < -0.4 is 10.1 Å². The van der Waals surface area contributed by atoms with Crippen LogP contribution in [0.25, 0.3) is 0 Å². The molecule has 0 aliphatic carbocycles. The van der Waals surface area contributed by atoms with Gasteiger partial charge in [0.15, 0.2) is 5.60 Å². The first-order chi connectivity index (χ1) is 16.7. The minimum atomic E-state index is -1.15. The lowest BCUT2D eigenvalue weighted by atomic mass is 10.1. The summed E-state index contributed by atoms with van der Waals surface area (Å²) < 4.78 is 38.9. The molecule has 2 amide bonds. The van der Waals surface area contributed by atoms with Crippen molar-refractivity contribution in [1.29, 1.82) is 0 Å². The molecule has 6 nitrogen and oxygen atoms in total. The number of carbonyl (C=O) groups is 2. The van der Waals surface area contributed by atoms with Crippen LogP contribution >= 0.6 is 0 Å². The van der Waals surface area contributed by atoms with Gasteiger partial charge in [-0.05, 0) is 57.0 Å². The van der Waals surface area contributed by atoms with E-state index in [1.807, 2.05) is 0 Å². The minimum Gasteiger partial charge on any atom is -0.476 e. The van der Waals surface area contributed by atoms with Crippen molar-refractivity contribution in [3.05, 3.63) is 59.7 Å². The van der Waals surface area contributed by atoms with Crippen LogP contribution in [0.3, 0.4) is 0 Å². The van der Waals surface area contributed by atoms with E-state index in [1.54, 1.807) is 45.0 Å². The molecule has 35 heavy (non-hydrogen) atoms. The van der Waals surface area contributed by atoms with Gasteiger partial charge in [0.1, 0.15) is 23.1 Å². The topological polar surface area (TPSA) is 67.9 Å². The van der Waals surface area contributed by atoms with Crippen LogP contribution in [0.15, 0.2) is 42.5 Å². The van der Waals surface area contributed by atoms with E-state index >= 15 is 0 Å². The second-order valence-electron chi connectivity index (χ2n) is 8.84. The molecule has 0 aliphatic rings. The summed E-state index contributed by atoms with van der Waals surface area (Å²) in [5.74, 6) is -1.63. The van der Waals surface area contributed by atoms with Crippen LogP contribution in [0.1, 0.15) is 65.4 Å². The zero-order chi connectivity index (χ0) is 25.8. The fourth-order valence-electron chi connectivity index (χ4n) is 3.49. The SMILES string of the molecule is CCCCCCCN(Cc1ccc(OC(C)(C)C(=O)OCC)cc1)C(=O)Nc1c(F)cccc1F. The minimum absolute atomic E-state index is 0.247. The number of benzene rings is 2. The fraction of sp³-hybridized carbons (Fsp3) is 0.481. The first-order valence-corrected chi connectivity index (χ1v) is 12.1. The Balaban J connectivity index is 2.10. The van der Waals surface area contributed by atoms with Gasteiger partial charge in [0.25, 0.3) is 0 Å². The average molecular weight is 491 g/mol. The number of hydrogen-bond donors (Lipinski definition) is 1. The number of carbonyl (C=O) groups excluding carboxylic acids is 2. The van der Waals surface area contributed by atoms with E-state index in [2.05, 4.69) is 12.2 Å². The van der Waals surface area contributed by atoms with Gasteiger partial charge in [-0.2, -0.15) is 0 Å². The van der Waals surface area contributed by atoms with Gasteiger partial charge in [-0.15, -0.1) is 0 Å². The zero-order valence-electron chi connectivity index (χ0n) is 21.0. The Labute approximate surface area is 206 Å². The van der Waals surface area contributed by atoms with Crippen LogP contribution in [0.5, 0.6) is 5.75 Å². The first kappa shape index (κ1) is 28.1. The summed E-state index contributed by atoms with van der Waals surface area (Å²) in [6.45, 7) is 8.07. The van der Waals surface area contributed by atoms with Crippen molar-refractivity contribution < 1.29 is 27.8 Å². The molecule has 0 spiro atoms. The Morgan fingerprint density at radius 3 is 2.17 bits per heavy atom. The molecule has 0 fully saturated rings. The van der Waals surface area contributed by atoms with Gasteiger partial charge < -0.3 is 19.7 Å². The Hall–Kier alpha value is -3.16. The zero-order valence-corrected chi connectivity index (χ0v) is 21.0. The molecule has 192 valence electrons. The summed E-state index contributed by atoms with van der Waals surface area (Å²) in [4.78, 5) is 26.5. The lowest BCUT2D eigenvalue weighted by Crippen LogP contribution is -2.39. The molecule has 0 heterocycles. The molecule has 2 aromatic rings. The molecule has 0 radical (unpaired) electrons. The van der Waals surface area contributed by atoms with Crippen molar-refractivity contribution in [2.45, 2.75) is 71.9 Å². The van der Waals surface area contributed by atoms with Gasteiger partial charge in [-0.1, -0.05) is 50.8 Å². The van der Waals surface area contributed by atoms with Gasteiger partial charge >= 0.3 is 12.0 Å². The fourth-order valence-corrected chi connectivity index (χ4v) is 3.49. The Bertz CT molecular complexity index is 944. The number of para-hydroxylation sites is 1. The maximum atomic E-state index is 14.1. The molecule has 2 aromatic carbocycles. The lowest BCUT2D eigenvalue weighted by molar-refractivity contribution is -0.158. The van der Waals surface area contributed by atoms with Crippen molar-refractivity contribution in [2.75, 3.05) is 18.5 Å². The molecule has 1 N–H and O–H groups in total. The smallest absolute Gasteiger partial charge is 0.349 e. The van der Waals surface area contributed by atoms with Crippen molar-refractivity contribution >= 4 is 17.7 Å². The van der Waals surface area contributed by atoms with Crippen LogP contribution in [0, 0.1) is 11.6 Å². The lowest BCUT2D eigenvalue weighted by Gasteiger charge is -2.25. The number of unbranched alkanes of at least 4 members (excludes halogenated alkanes) is 4. The third-order valence-corrected chi connectivity index (χ3v) is 5.45. The summed E-state index contributed by atoms with van der Waals surface area (Å²) in [7, 11) is 0. The van der Waals surface area contributed by atoms with Gasteiger partial charge in [-0.25, -0.2) is 18.4 Å². The van der Waals surface area contributed by atoms with Crippen molar-refractivity contribution in [1.82, 2.24) is 4.90 Å². The second-order valence-corrected chi connectivity index (χ2v) is 8.84. The summed E-state index contributed by atoms with van der Waals surface area (Å²) in [6, 6.07) is 9.88. The molecular weight excluding hydrogens is 454 g/mol. The highest BCUT2D eigenvalue weighted by atomic mass is 19.1. The number of esters is 1. The van der Waals surface area contributed by atoms with Crippen LogP contribution in [0.2, 0.25) is 0 Å². The summed E-state index contributed by atoms with van der Waals surface area (Å²) >= 11 is 0. The highest BCUT2D eigenvalue weighted by molar-refractivity contribution is 5.89. The number of halogens is 2. The third-order valence-electron chi connectivity index (χ3n) is 5.45. The summed E-state index contributed by atoms with van der Waals surface area (Å²) in [6.07, 6.45) is 5.04. The molecule has 0 aliphatic heterocycles. The number of ether oxygens (including phenoxy) is 2. The highest BCUT2D eigenvalue weighted by Crippen LogP contribution is 2.22. The van der Waals surface area contributed by atoms with Crippen LogP contribution in [-0.4, -0.2) is 35.7 Å². The number of hydrogen-bond acceptors (Lipinski definition) is 4. The molecule has 2 rings (SSSR count). The third kappa shape index (κ3) is 8.85. The monoisotopic (exact) mass is 490 g/mol. The standard InChI is InChI=1S/C27H36F2N2O4/c1-5-7-8-9-10-18-31(26(33)30-24-22(28)12-11-13-23(24)29)19-20-14-16-21(17-15-20)35-27(3,4)25(32)34-6-2/h11-17H,5-10,18-19H2,1-4H3,(H,30,33). The van der Waals surface area contributed by atoms with Crippen LogP contribution in [0.4, 0.5) is 19.3 Å². The number of rotatable bonds is 13. The maximum Gasteiger partial charge on any atom is 0.349 e. The van der Waals surface area contributed by atoms with E-state index in [9.17, 15) is 18.4 Å².